The summed E-state index contributed by atoms with van der Waals surface area (Å²) in [7, 11) is 5.73. The molecule has 0 saturated carbocycles. The molecule has 1 aliphatic rings. The summed E-state index contributed by atoms with van der Waals surface area (Å²) in [6.07, 6.45) is 3.60. The molecule has 1 saturated heterocycles. The molecule has 7 heteroatoms. The van der Waals surface area contributed by atoms with Gasteiger partial charge in [-0.1, -0.05) is 12.1 Å². The Morgan fingerprint density at radius 1 is 1.26 bits per heavy atom. The molecular weight excluding hydrogens is 328 g/mol. The highest BCUT2D eigenvalue weighted by atomic mass is 32.2. The average molecular weight is 344 g/mol. The summed E-state index contributed by atoms with van der Waals surface area (Å²) in [4.78, 5) is 25.2. The zero-order valence-electron chi connectivity index (χ0n) is 13.1. The second-order valence-corrected chi connectivity index (χ2v) is 7.05. The van der Waals surface area contributed by atoms with Crippen molar-refractivity contribution in [2.24, 2.45) is 4.99 Å². The van der Waals surface area contributed by atoms with Gasteiger partial charge in [-0.15, -0.1) is 11.3 Å². The normalized spacial score (nSPS) is 18.2. The van der Waals surface area contributed by atoms with Gasteiger partial charge in [0.05, 0.1) is 4.91 Å². The number of aliphatic imine (C=N–C) groups is 1. The third-order valence-electron chi connectivity index (χ3n) is 3.32. The van der Waals surface area contributed by atoms with Crippen molar-refractivity contribution in [3.05, 3.63) is 46.3 Å². The molecule has 1 amide bonds. The van der Waals surface area contributed by atoms with Gasteiger partial charge in [-0.25, -0.2) is 4.98 Å². The molecule has 1 aliphatic heterocycles. The highest BCUT2D eigenvalue weighted by Gasteiger charge is 2.30. The molecule has 0 unspecified atom stereocenters. The molecule has 5 nitrogen and oxygen atoms in total. The van der Waals surface area contributed by atoms with Crippen LogP contribution >= 0.6 is 23.1 Å². The van der Waals surface area contributed by atoms with E-state index < -0.39 is 0 Å². The number of benzene rings is 1. The monoisotopic (exact) mass is 344 g/mol. The van der Waals surface area contributed by atoms with E-state index in [2.05, 4.69) is 9.98 Å². The molecule has 0 atom stereocenters. The molecule has 0 bridgehead atoms. The maximum atomic E-state index is 12.4. The number of aromatic nitrogens is 1. The van der Waals surface area contributed by atoms with Crippen LogP contribution in [0.3, 0.4) is 0 Å². The number of amidine groups is 1. The van der Waals surface area contributed by atoms with Crippen LogP contribution in [0, 0.1) is 0 Å². The van der Waals surface area contributed by atoms with Gasteiger partial charge in [-0.3, -0.25) is 9.69 Å². The van der Waals surface area contributed by atoms with E-state index in [1.807, 2.05) is 54.7 Å². The van der Waals surface area contributed by atoms with Crippen LogP contribution in [0.2, 0.25) is 0 Å². The Hall–Kier alpha value is -2.12. The first-order chi connectivity index (χ1) is 11.0. The number of carbonyl (C=O) groups is 1. The molecule has 23 heavy (non-hydrogen) atoms. The standard InChI is InChI=1S/C16H16N4OS2/c1-19(2)12-6-4-11(5-7-12)10-13-14(21)20(3)16(23-13)18-15-17-8-9-22-15/h4-10H,1-3H3/b13-10-,18-16+. The van der Waals surface area contributed by atoms with Crippen molar-refractivity contribution in [2.45, 2.75) is 0 Å². The molecule has 0 aliphatic carbocycles. The number of nitrogens with zero attached hydrogens (tertiary/aromatic N) is 4. The summed E-state index contributed by atoms with van der Waals surface area (Å²) in [6.45, 7) is 0. The highest BCUT2D eigenvalue weighted by molar-refractivity contribution is 8.18. The molecule has 1 aromatic carbocycles. The third-order valence-corrected chi connectivity index (χ3v) is 5.05. The number of anilines is 1. The van der Waals surface area contributed by atoms with Crippen molar-refractivity contribution >= 4 is 51.1 Å². The first-order valence-electron chi connectivity index (χ1n) is 6.98. The van der Waals surface area contributed by atoms with E-state index >= 15 is 0 Å². The molecule has 2 aromatic rings. The quantitative estimate of drug-likeness (QED) is 0.800. The molecule has 0 N–H and O–H groups in total. The number of hydrogen-bond donors (Lipinski definition) is 0. The fraction of sp³-hybridized carbons (Fsp3) is 0.188. The van der Waals surface area contributed by atoms with E-state index in [1.54, 1.807) is 18.1 Å². The van der Waals surface area contributed by atoms with Crippen molar-refractivity contribution in [3.8, 4) is 0 Å². The van der Waals surface area contributed by atoms with Gasteiger partial charge < -0.3 is 4.90 Å². The van der Waals surface area contributed by atoms with Crippen LogP contribution in [0.25, 0.3) is 6.08 Å². The minimum absolute atomic E-state index is 0.0398. The van der Waals surface area contributed by atoms with E-state index in [4.69, 9.17) is 0 Å². The molecule has 1 aromatic heterocycles. The Morgan fingerprint density at radius 2 is 2.00 bits per heavy atom. The van der Waals surface area contributed by atoms with Crippen LogP contribution in [0.5, 0.6) is 0 Å². The van der Waals surface area contributed by atoms with Crippen LogP contribution in [0.15, 0.2) is 45.7 Å². The van der Waals surface area contributed by atoms with Gasteiger partial charge in [0, 0.05) is 38.4 Å². The average Bonchev–Trinajstić information content (AvgIpc) is 3.13. The van der Waals surface area contributed by atoms with E-state index in [0.717, 1.165) is 11.3 Å². The van der Waals surface area contributed by atoms with Gasteiger partial charge in [-0.05, 0) is 35.5 Å². The summed E-state index contributed by atoms with van der Waals surface area (Å²) in [6, 6.07) is 8.08. The first kappa shape index (κ1) is 15.8. The molecular formula is C16H16N4OS2. The van der Waals surface area contributed by atoms with E-state index in [9.17, 15) is 4.79 Å². The Bertz CT molecular complexity index is 764. The summed E-state index contributed by atoms with van der Waals surface area (Å²) in [5.41, 5.74) is 2.12. The highest BCUT2D eigenvalue weighted by Crippen LogP contribution is 2.33. The Balaban J connectivity index is 1.84. The molecule has 3 rings (SSSR count). The van der Waals surface area contributed by atoms with Gasteiger partial charge in [-0.2, -0.15) is 4.99 Å². The summed E-state index contributed by atoms with van der Waals surface area (Å²) >= 11 is 2.82. The minimum atomic E-state index is -0.0398. The van der Waals surface area contributed by atoms with Crippen molar-refractivity contribution in [1.29, 1.82) is 0 Å². The SMILES string of the molecule is CN1C(=O)/C(=C/c2ccc(N(C)C)cc2)S/C1=N/c1nccs1. The van der Waals surface area contributed by atoms with E-state index in [0.29, 0.717) is 15.2 Å². The smallest absolute Gasteiger partial charge is 0.266 e. The Labute approximate surface area is 143 Å². The fourth-order valence-electron chi connectivity index (χ4n) is 2.02. The number of rotatable bonds is 3. The van der Waals surface area contributed by atoms with E-state index in [-0.39, 0.29) is 5.91 Å². The molecule has 0 spiro atoms. The van der Waals surface area contributed by atoms with Crippen molar-refractivity contribution in [3.63, 3.8) is 0 Å². The zero-order valence-corrected chi connectivity index (χ0v) is 14.7. The predicted octanol–water partition coefficient (Wildman–Crippen LogP) is 3.44. The lowest BCUT2D eigenvalue weighted by Gasteiger charge is -2.11. The molecule has 0 radical (unpaired) electrons. The predicted molar refractivity (Wildman–Crippen MR) is 98.3 cm³/mol. The third kappa shape index (κ3) is 3.46. The van der Waals surface area contributed by atoms with Gasteiger partial charge in [0.15, 0.2) is 5.17 Å². The van der Waals surface area contributed by atoms with Crippen LogP contribution in [-0.2, 0) is 4.79 Å². The lowest BCUT2D eigenvalue weighted by molar-refractivity contribution is -0.121. The Kier molecular flexibility index (Phi) is 4.49. The van der Waals surface area contributed by atoms with Gasteiger partial charge in [0.25, 0.3) is 5.91 Å². The lowest BCUT2D eigenvalue weighted by Crippen LogP contribution is -2.23. The second-order valence-electron chi connectivity index (χ2n) is 5.17. The zero-order chi connectivity index (χ0) is 16.4. The number of thioether (sulfide) groups is 1. The largest absolute Gasteiger partial charge is 0.378 e. The summed E-state index contributed by atoms with van der Waals surface area (Å²) in [5, 5.41) is 3.18. The Morgan fingerprint density at radius 3 is 2.61 bits per heavy atom. The molecule has 1 fully saturated rings. The van der Waals surface area contributed by atoms with E-state index in [1.165, 1.54) is 23.1 Å². The summed E-state index contributed by atoms with van der Waals surface area (Å²) in [5.74, 6) is -0.0398. The van der Waals surface area contributed by atoms with Crippen molar-refractivity contribution < 1.29 is 4.79 Å². The lowest BCUT2D eigenvalue weighted by atomic mass is 10.2. The van der Waals surface area contributed by atoms with Crippen molar-refractivity contribution in [2.75, 3.05) is 26.0 Å². The first-order valence-corrected chi connectivity index (χ1v) is 8.67. The van der Waals surface area contributed by atoms with Crippen LogP contribution < -0.4 is 4.90 Å². The second kappa shape index (κ2) is 6.55. The number of amides is 1. The van der Waals surface area contributed by atoms with Crippen LogP contribution in [-0.4, -0.2) is 42.1 Å². The maximum absolute atomic E-state index is 12.4. The van der Waals surface area contributed by atoms with Gasteiger partial charge in [0.1, 0.15) is 0 Å². The minimum Gasteiger partial charge on any atom is -0.378 e. The fourth-order valence-corrected chi connectivity index (χ4v) is 3.55. The topological polar surface area (TPSA) is 48.8 Å². The van der Waals surface area contributed by atoms with Crippen LogP contribution in [0.1, 0.15) is 5.56 Å². The van der Waals surface area contributed by atoms with Crippen molar-refractivity contribution in [1.82, 2.24) is 9.88 Å². The number of thiazole rings is 1. The van der Waals surface area contributed by atoms with Gasteiger partial charge >= 0.3 is 0 Å². The molecule has 118 valence electrons. The maximum Gasteiger partial charge on any atom is 0.266 e. The number of hydrogen-bond acceptors (Lipinski definition) is 6. The van der Waals surface area contributed by atoms with Crippen LogP contribution in [0.4, 0.5) is 10.8 Å². The van der Waals surface area contributed by atoms with Gasteiger partial charge in [0.2, 0.25) is 5.13 Å². The molecule has 2 heterocycles. The summed E-state index contributed by atoms with van der Waals surface area (Å²) < 4.78 is 0. The number of carbonyl (C=O) groups excluding carboxylic acids is 1. The number of likely N-dealkylation sites (N-methyl/N-ethyl adjacent to an activating group) is 1.